The summed E-state index contributed by atoms with van der Waals surface area (Å²) in [4.78, 5) is -0.887. The molecule has 0 aliphatic heterocycles. The average Bonchev–Trinajstić information content (AvgIpc) is 2.93. The molecule has 0 saturated heterocycles. The smallest absolute Gasteiger partial charge is 0.120 e. The van der Waals surface area contributed by atoms with Crippen LogP contribution in [-0.2, 0) is 10.8 Å². The third kappa shape index (κ3) is 4.05. The summed E-state index contributed by atoms with van der Waals surface area (Å²) in [5, 5.41) is 0. The van der Waals surface area contributed by atoms with Gasteiger partial charge in [0.05, 0.1) is 0 Å². The summed E-state index contributed by atoms with van der Waals surface area (Å²) in [6.07, 6.45) is 0. The molecular weight excluding hydrogens is 455 g/mol. The highest BCUT2D eigenvalue weighted by Crippen LogP contribution is 2.50. The molecule has 0 aromatic heterocycles. The van der Waals surface area contributed by atoms with E-state index in [1.807, 2.05) is 48.5 Å². The minimum Gasteiger partial charge on any atom is -0.122 e. The van der Waals surface area contributed by atoms with Gasteiger partial charge in [-0.2, -0.15) is 0 Å². The van der Waals surface area contributed by atoms with E-state index >= 15 is 0 Å². The van der Waals surface area contributed by atoms with E-state index in [0.717, 1.165) is 44.5 Å². The molecule has 5 aromatic rings. The summed E-state index contributed by atoms with van der Waals surface area (Å²) in [6, 6.07) is 45.9. The van der Waals surface area contributed by atoms with Crippen molar-refractivity contribution in [2.75, 3.05) is 0 Å². The molecule has 0 N–H and O–H groups in total. The Morgan fingerprint density at radius 2 is 0.882 bits per heavy atom. The van der Waals surface area contributed by atoms with Gasteiger partial charge in [0.1, 0.15) is 4.87 Å². The first-order valence-corrected chi connectivity index (χ1v) is 12.3. The largest absolute Gasteiger partial charge is 0.122 e. The van der Waals surface area contributed by atoms with Gasteiger partial charge < -0.3 is 0 Å². The van der Waals surface area contributed by atoms with Crippen molar-refractivity contribution >= 4 is 23.2 Å². The van der Waals surface area contributed by atoms with Gasteiger partial charge in [-0.1, -0.05) is 133 Å². The number of halogens is 2. The molecule has 0 aliphatic rings. The fourth-order valence-electron chi connectivity index (χ4n) is 4.70. The van der Waals surface area contributed by atoms with Gasteiger partial charge in [0.2, 0.25) is 0 Å². The van der Waals surface area contributed by atoms with E-state index in [9.17, 15) is 0 Å². The Labute approximate surface area is 211 Å². The van der Waals surface area contributed by atoms with E-state index in [0.29, 0.717) is 5.88 Å². The second kappa shape index (κ2) is 9.89. The second-order valence-corrected chi connectivity index (χ2v) is 9.11. The van der Waals surface area contributed by atoms with Crippen molar-refractivity contribution in [3.8, 4) is 22.3 Å². The van der Waals surface area contributed by atoms with Gasteiger partial charge in [0.15, 0.2) is 0 Å². The fraction of sp³-hybridized carbons (Fsp3) is 0.0625. The molecule has 0 saturated carbocycles. The lowest BCUT2D eigenvalue weighted by atomic mass is 9.77. The minimum atomic E-state index is -0.887. The summed E-state index contributed by atoms with van der Waals surface area (Å²) >= 11 is 14.3. The van der Waals surface area contributed by atoms with Crippen molar-refractivity contribution in [3.63, 3.8) is 0 Å². The lowest BCUT2D eigenvalue weighted by Gasteiger charge is -2.33. The quantitative estimate of drug-likeness (QED) is 0.168. The second-order valence-electron chi connectivity index (χ2n) is 8.28. The van der Waals surface area contributed by atoms with Crippen molar-refractivity contribution in [1.29, 1.82) is 0 Å². The molecule has 0 unspecified atom stereocenters. The fourth-order valence-corrected chi connectivity index (χ4v) is 5.33. The average molecular weight is 479 g/mol. The van der Waals surface area contributed by atoms with Gasteiger partial charge in [-0.15, -0.1) is 23.2 Å². The van der Waals surface area contributed by atoms with Crippen molar-refractivity contribution in [1.82, 2.24) is 0 Å². The Balaban J connectivity index is 1.93. The van der Waals surface area contributed by atoms with E-state index < -0.39 is 4.87 Å². The van der Waals surface area contributed by atoms with Crippen LogP contribution in [0.15, 0.2) is 133 Å². The van der Waals surface area contributed by atoms with E-state index in [4.69, 9.17) is 23.2 Å². The van der Waals surface area contributed by atoms with Gasteiger partial charge >= 0.3 is 0 Å². The third-order valence-corrected chi connectivity index (χ3v) is 7.20. The molecule has 5 aromatic carbocycles. The Bertz CT molecular complexity index is 1320. The van der Waals surface area contributed by atoms with Crippen LogP contribution in [0.5, 0.6) is 0 Å². The van der Waals surface area contributed by atoms with Crippen molar-refractivity contribution in [3.05, 3.63) is 156 Å². The molecular formula is C32H24Cl2. The predicted octanol–water partition coefficient (Wildman–Crippen LogP) is 9.29. The first-order chi connectivity index (χ1) is 16.7. The standard InChI is InChI=1S/C32H24Cl2/c33-23-26-21-22-29(32(34,27-17-9-3-10-18-27)28-19-11-4-12-20-28)31(25-15-7-2-8-16-25)30(26)24-13-5-1-6-14-24/h1-22H,23H2. The molecule has 0 heterocycles. The summed E-state index contributed by atoms with van der Waals surface area (Å²) in [5.74, 6) is 0.413. The van der Waals surface area contributed by atoms with E-state index in [1.54, 1.807) is 0 Å². The van der Waals surface area contributed by atoms with Gasteiger partial charge in [-0.05, 0) is 44.5 Å². The summed E-state index contributed by atoms with van der Waals surface area (Å²) in [5.41, 5.74) is 8.62. The van der Waals surface area contributed by atoms with E-state index in [1.165, 1.54) is 0 Å². The molecule has 34 heavy (non-hydrogen) atoms. The monoisotopic (exact) mass is 478 g/mol. The van der Waals surface area contributed by atoms with Gasteiger partial charge in [-0.25, -0.2) is 0 Å². The summed E-state index contributed by atoms with van der Waals surface area (Å²) in [7, 11) is 0. The van der Waals surface area contributed by atoms with Crippen molar-refractivity contribution in [2.45, 2.75) is 10.8 Å². The molecule has 0 amide bonds. The van der Waals surface area contributed by atoms with Crippen LogP contribution in [0.1, 0.15) is 22.3 Å². The van der Waals surface area contributed by atoms with Crippen LogP contribution in [0.2, 0.25) is 0 Å². The Morgan fingerprint density at radius 1 is 0.471 bits per heavy atom. The first kappa shape index (κ1) is 22.5. The lowest BCUT2D eigenvalue weighted by molar-refractivity contribution is 0.881. The highest BCUT2D eigenvalue weighted by Gasteiger charge is 2.37. The van der Waals surface area contributed by atoms with Gasteiger partial charge in [0.25, 0.3) is 0 Å². The lowest BCUT2D eigenvalue weighted by Crippen LogP contribution is -2.24. The van der Waals surface area contributed by atoms with Crippen LogP contribution in [0, 0.1) is 0 Å². The van der Waals surface area contributed by atoms with Gasteiger partial charge in [0, 0.05) is 5.88 Å². The molecule has 5 rings (SSSR count). The van der Waals surface area contributed by atoms with Gasteiger partial charge in [-0.3, -0.25) is 0 Å². The summed E-state index contributed by atoms with van der Waals surface area (Å²) in [6.45, 7) is 0. The van der Waals surface area contributed by atoms with Crippen LogP contribution in [0.4, 0.5) is 0 Å². The number of hydrogen-bond acceptors (Lipinski definition) is 0. The van der Waals surface area contributed by atoms with Crippen LogP contribution >= 0.6 is 23.2 Å². The van der Waals surface area contributed by atoms with Crippen molar-refractivity contribution in [2.24, 2.45) is 0 Å². The molecule has 0 aliphatic carbocycles. The Hall–Kier alpha value is -3.32. The minimum absolute atomic E-state index is 0.413. The zero-order chi connectivity index (χ0) is 23.4. The SMILES string of the molecule is ClCc1ccc(C(Cl)(c2ccccc2)c2ccccc2)c(-c2ccccc2)c1-c1ccccc1. The van der Waals surface area contributed by atoms with Crippen LogP contribution in [0.3, 0.4) is 0 Å². The van der Waals surface area contributed by atoms with Crippen LogP contribution in [0.25, 0.3) is 22.3 Å². The number of benzene rings is 5. The zero-order valence-electron chi connectivity index (χ0n) is 18.7. The third-order valence-electron chi connectivity index (χ3n) is 6.27. The molecule has 0 nitrogen and oxygen atoms in total. The maximum absolute atomic E-state index is 7.79. The van der Waals surface area contributed by atoms with Crippen LogP contribution in [-0.4, -0.2) is 0 Å². The topological polar surface area (TPSA) is 0 Å². The molecule has 0 radical (unpaired) electrons. The van der Waals surface area contributed by atoms with Crippen molar-refractivity contribution < 1.29 is 0 Å². The Morgan fingerprint density at radius 3 is 1.32 bits per heavy atom. The maximum atomic E-state index is 7.79. The van der Waals surface area contributed by atoms with E-state index in [2.05, 4.69) is 84.9 Å². The molecule has 0 bridgehead atoms. The normalized spacial score (nSPS) is 11.4. The van der Waals surface area contributed by atoms with E-state index in [-0.39, 0.29) is 0 Å². The predicted molar refractivity (Wildman–Crippen MR) is 145 cm³/mol. The zero-order valence-corrected chi connectivity index (χ0v) is 20.2. The summed E-state index contributed by atoms with van der Waals surface area (Å²) < 4.78 is 0. The highest BCUT2D eigenvalue weighted by molar-refractivity contribution is 6.29. The highest BCUT2D eigenvalue weighted by atomic mass is 35.5. The molecule has 166 valence electrons. The molecule has 0 spiro atoms. The maximum Gasteiger partial charge on any atom is 0.120 e. The number of rotatable bonds is 6. The first-order valence-electron chi connectivity index (χ1n) is 11.4. The molecule has 2 heteroatoms. The van der Waals surface area contributed by atoms with Crippen LogP contribution < -0.4 is 0 Å². The number of alkyl halides is 2. The Kier molecular flexibility index (Phi) is 6.54. The number of hydrogen-bond donors (Lipinski definition) is 0. The molecule has 0 atom stereocenters. The molecule has 0 fully saturated rings.